The molecule has 0 saturated carbocycles. The fourth-order valence-corrected chi connectivity index (χ4v) is 3.39. The van der Waals surface area contributed by atoms with Crippen LogP contribution in [0.3, 0.4) is 0 Å². The number of rotatable bonds is 8. The van der Waals surface area contributed by atoms with Crippen molar-refractivity contribution in [1.29, 1.82) is 0 Å². The van der Waals surface area contributed by atoms with Crippen molar-refractivity contribution in [2.24, 2.45) is 0 Å². The van der Waals surface area contributed by atoms with Gasteiger partial charge in [0.1, 0.15) is 6.10 Å². The lowest BCUT2D eigenvalue weighted by molar-refractivity contribution is -0.122. The molecule has 0 aliphatic carbocycles. The van der Waals surface area contributed by atoms with Crippen LogP contribution >= 0.6 is 0 Å². The molecule has 5 heteroatoms. The van der Waals surface area contributed by atoms with Gasteiger partial charge in [-0.1, -0.05) is 19.9 Å². The second-order valence-corrected chi connectivity index (χ2v) is 6.13. The van der Waals surface area contributed by atoms with E-state index in [4.69, 9.17) is 13.3 Å². The second kappa shape index (κ2) is 6.89. The Hall–Kier alpha value is -0.493. The van der Waals surface area contributed by atoms with E-state index in [1.54, 1.807) is 21.1 Å². The maximum Gasteiger partial charge on any atom is 0.500 e. The summed E-state index contributed by atoms with van der Waals surface area (Å²) in [4.78, 5) is 11.3. The zero-order valence-electron chi connectivity index (χ0n) is 9.91. The van der Waals surface area contributed by atoms with E-state index in [0.717, 1.165) is 6.42 Å². The Morgan fingerprint density at radius 2 is 2.00 bits per heavy atom. The lowest BCUT2D eigenvalue weighted by Crippen LogP contribution is -2.47. The van der Waals surface area contributed by atoms with Gasteiger partial charge in [0.15, 0.2) is 5.78 Å². The molecule has 0 radical (unpaired) electrons. The molecule has 0 unspecified atom stereocenters. The molecule has 0 rings (SSSR count). The number of carbonyl (C=O) groups excluding carboxylic acids is 1. The third-order valence-corrected chi connectivity index (χ3v) is 5.21. The molecule has 0 spiro atoms. The van der Waals surface area contributed by atoms with Crippen LogP contribution in [0.1, 0.15) is 20.3 Å². The molecule has 0 aromatic rings. The molecular weight excluding hydrogens is 212 g/mol. The molecule has 0 N–H and O–H groups in total. The van der Waals surface area contributed by atoms with Crippen LogP contribution < -0.4 is 0 Å². The average molecular weight is 232 g/mol. The van der Waals surface area contributed by atoms with Gasteiger partial charge >= 0.3 is 8.80 Å². The van der Waals surface area contributed by atoms with Gasteiger partial charge in [0.2, 0.25) is 0 Å². The first-order valence-corrected chi connectivity index (χ1v) is 6.92. The van der Waals surface area contributed by atoms with Gasteiger partial charge < -0.3 is 13.3 Å². The van der Waals surface area contributed by atoms with Crippen molar-refractivity contribution in [1.82, 2.24) is 0 Å². The standard InChI is InChI=1S/C10H20O4Si/c1-6-8-15(12-4,13-5)14-9(3)10(11)7-2/h7,9H,2,6,8H2,1,3-5H3/t9-/m1/s1. The van der Waals surface area contributed by atoms with E-state index in [-0.39, 0.29) is 5.78 Å². The molecule has 4 nitrogen and oxygen atoms in total. The summed E-state index contributed by atoms with van der Waals surface area (Å²) < 4.78 is 16.2. The van der Waals surface area contributed by atoms with Gasteiger partial charge in [-0.3, -0.25) is 4.79 Å². The van der Waals surface area contributed by atoms with Crippen LogP contribution in [0.2, 0.25) is 6.04 Å². The normalized spacial score (nSPS) is 13.6. The van der Waals surface area contributed by atoms with Crippen molar-refractivity contribution in [3.63, 3.8) is 0 Å². The molecule has 0 bridgehead atoms. The van der Waals surface area contributed by atoms with E-state index in [2.05, 4.69) is 6.58 Å². The Kier molecular flexibility index (Phi) is 6.67. The molecule has 0 saturated heterocycles. The first-order valence-electron chi connectivity index (χ1n) is 4.99. The van der Waals surface area contributed by atoms with Crippen molar-refractivity contribution in [2.75, 3.05) is 14.2 Å². The minimum absolute atomic E-state index is 0.155. The second-order valence-electron chi connectivity index (χ2n) is 3.21. The summed E-state index contributed by atoms with van der Waals surface area (Å²) in [5.41, 5.74) is 0. The average Bonchev–Trinajstić information content (AvgIpc) is 2.27. The number of hydrogen-bond acceptors (Lipinski definition) is 4. The van der Waals surface area contributed by atoms with E-state index in [0.29, 0.717) is 6.04 Å². The highest BCUT2D eigenvalue weighted by Gasteiger charge is 2.40. The van der Waals surface area contributed by atoms with E-state index in [1.807, 2.05) is 6.92 Å². The highest BCUT2D eigenvalue weighted by atomic mass is 28.4. The van der Waals surface area contributed by atoms with Gasteiger partial charge in [0, 0.05) is 20.3 Å². The van der Waals surface area contributed by atoms with Gasteiger partial charge in [0.25, 0.3) is 0 Å². The van der Waals surface area contributed by atoms with Crippen LogP contribution in [0.25, 0.3) is 0 Å². The fourth-order valence-electron chi connectivity index (χ4n) is 1.24. The number of ketones is 1. The predicted octanol–water partition coefficient (Wildman–Crippen LogP) is 1.79. The largest absolute Gasteiger partial charge is 0.500 e. The summed E-state index contributed by atoms with van der Waals surface area (Å²) in [6, 6.07) is 0.703. The first-order chi connectivity index (χ1) is 7.05. The molecule has 15 heavy (non-hydrogen) atoms. The summed E-state index contributed by atoms with van der Waals surface area (Å²) in [5, 5.41) is 0. The zero-order chi connectivity index (χ0) is 11.9. The topological polar surface area (TPSA) is 44.8 Å². The molecule has 0 heterocycles. The Balaban J connectivity index is 4.51. The van der Waals surface area contributed by atoms with Crippen LogP contribution in [-0.2, 0) is 18.1 Å². The van der Waals surface area contributed by atoms with Gasteiger partial charge in [0.05, 0.1) is 0 Å². The third-order valence-electron chi connectivity index (χ3n) is 2.14. The van der Waals surface area contributed by atoms with E-state index in [9.17, 15) is 4.79 Å². The van der Waals surface area contributed by atoms with Crippen LogP contribution in [0.5, 0.6) is 0 Å². The van der Waals surface area contributed by atoms with Crippen molar-refractivity contribution in [3.05, 3.63) is 12.7 Å². The first kappa shape index (κ1) is 14.5. The fraction of sp³-hybridized carbons (Fsp3) is 0.700. The zero-order valence-corrected chi connectivity index (χ0v) is 10.9. The summed E-state index contributed by atoms with van der Waals surface area (Å²) in [7, 11) is 0.450. The quantitative estimate of drug-likeness (QED) is 0.473. The van der Waals surface area contributed by atoms with Crippen LogP contribution in [0.15, 0.2) is 12.7 Å². The smallest absolute Gasteiger partial charge is 0.377 e. The Morgan fingerprint density at radius 3 is 2.33 bits per heavy atom. The highest BCUT2D eigenvalue weighted by Crippen LogP contribution is 2.18. The van der Waals surface area contributed by atoms with Crippen LogP contribution in [0, 0.1) is 0 Å². The summed E-state index contributed by atoms with van der Waals surface area (Å²) in [5.74, 6) is -0.155. The predicted molar refractivity (Wildman–Crippen MR) is 60.6 cm³/mol. The number of carbonyl (C=O) groups is 1. The summed E-state index contributed by atoms with van der Waals surface area (Å²) >= 11 is 0. The molecule has 0 aliphatic rings. The lowest BCUT2D eigenvalue weighted by atomic mass is 10.3. The number of hydrogen-bond donors (Lipinski definition) is 0. The molecule has 0 aromatic heterocycles. The van der Waals surface area contributed by atoms with Crippen molar-refractivity contribution in [3.8, 4) is 0 Å². The van der Waals surface area contributed by atoms with Crippen molar-refractivity contribution >= 4 is 14.6 Å². The third kappa shape index (κ3) is 4.25. The summed E-state index contributed by atoms with van der Waals surface area (Å²) in [6.07, 6.45) is 1.59. The van der Waals surface area contributed by atoms with Crippen molar-refractivity contribution in [2.45, 2.75) is 32.4 Å². The van der Waals surface area contributed by atoms with Gasteiger partial charge in [-0.2, -0.15) is 0 Å². The maximum atomic E-state index is 11.3. The van der Waals surface area contributed by atoms with Crippen molar-refractivity contribution < 1.29 is 18.1 Å². The maximum absolute atomic E-state index is 11.3. The van der Waals surface area contributed by atoms with Crippen LogP contribution in [-0.4, -0.2) is 34.9 Å². The molecule has 0 aliphatic heterocycles. The van der Waals surface area contributed by atoms with Gasteiger partial charge in [-0.05, 0) is 13.0 Å². The molecule has 1 atom stereocenters. The highest BCUT2D eigenvalue weighted by molar-refractivity contribution is 6.60. The lowest BCUT2D eigenvalue weighted by Gasteiger charge is -2.28. The van der Waals surface area contributed by atoms with E-state index < -0.39 is 14.9 Å². The Bertz CT molecular complexity index is 213. The minimum atomic E-state index is -2.65. The monoisotopic (exact) mass is 232 g/mol. The summed E-state index contributed by atoms with van der Waals surface area (Å²) in [6.45, 7) is 7.11. The molecule has 0 amide bonds. The van der Waals surface area contributed by atoms with E-state index >= 15 is 0 Å². The SMILES string of the molecule is C=CC(=O)[C@@H](C)O[Si](CCC)(OC)OC. The van der Waals surface area contributed by atoms with E-state index in [1.165, 1.54) is 6.08 Å². The van der Waals surface area contributed by atoms with Crippen LogP contribution in [0.4, 0.5) is 0 Å². The molecule has 88 valence electrons. The molecular formula is C10H20O4Si. The van der Waals surface area contributed by atoms with Gasteiger partial charge in [-0.25, -0.2) is 0 Å². The van der Waals surface area contributed by atoms with Gasteiger partial charge in [-0.15, -0.1) is 0 Å². The molecule has 0 fully saturated rings. The molecule has 0 aromatic carbocycles. The Morgan fingerprint density at radius 1 is 1.47 bits per heavy atom. The Labute approximate surface area is 92.6 Å². The minimum Gasteiger partial charge on any atom is -0.377 e.